The van der Waals surface area contributed by atoms with Crippen LogP contribution < -0.4 is 0 Å². The summed E-state index contributed by atoms with van der Waals surface area (Å²) in [5, 5.41) is 0. The van der Waals surface area contributed by atoms with Gasteiger partial charge >= 0.3 is 5.92 Å². The molecule has 22 heavy (non-hydrogen) atoms. The van der Waals surface area contributed by atoms with Crippen molar-refractivity contribution >= 4 is 5.78 Å². The average Bonchev–Trinajstić information content (AvgIpc) is 2.47. The van der Waals surface area contributed by atoms with Gasteiger partial charge in [0.2, 0.25) is 0 Å². The van der Waals surface area contributed by atoms with Crippen molar-refractivity contribution in [1.29, 1.82) is 0 Å². The van der Waals surface area contributed by atoms with Gasteiger partial charge in [-0.2, -0.15) is 8.78 Å². The Balaban J connectivity index is 2.75. The summed E-state index contributed by atoms with van der Waals surface area (Å²) in [7, 11) is 0. The molecule has 0 aromatic heterocycles. The van der Waals surface area contributed by atoms with Crippen molar-refractivity contribution in [2.45, 2.75) is 52.9 Å². The molecule has 1 unspecified atom stereocenters. The van der Waals surface area contributed by atoms with E-state index < -0.39 is 11.8 Å². The van der Waals surface area contributed by atoms with E-state index in [2.05, 4.69) is 11.8 Å². The molecule has 1 rings (SSSR count). The molecule has 1 nitrogen and oxygen atoms in total. The first kappa shape index (κ1) is 18.4. The Labute approximate surface area is 132 Å². The molecule has 0 aliphatic carbocycles. The molecule has 0 saturated heterocycles. The Kier molecular flexibility index (Phi) is 6.74. The van der Waals surface area contributed by atoms with Gasteiger partial charge < -0.3 is 0 Å². The normalized spacial score (nSPS) is 12.7. The first-order valence-electron chi connectivity index (χ1n) is 7.79. The maximum absolute atomic E-state index is 13.9. The minimum Gasteiger partial charge on any atom is -0.294 e. The highest BCUT2D eigenvalue weighted by Crippen LogP contribution is 2.27. The van der Waals surface area contributed by atoms with E-state index in [1.807, 2.05) is 20.8 Å². The lowest BCUT2D eigenvalue weighted by atomic mass is 9.93. The third-order valence-corrected chi connectivity index (χ3v) is 3.55. The quantitative estimate of drug-likeness (QED) is 0.525. The minimum atomic E-state index is -2.98. The Hall–Kier alpha value is -1.69. The summed E-state index contributed by atoms with van der Waals surface area (Å²) < 4.78 is 27.8. The highest BCUT2D eigenvalue weighted by Gasteiger charge is 2.34. The van der Waals surface area contributed by atoms with Crippen molar-refractivity contribution in [3.8, 4) is 11.8 Å². The van der Waals surface area contributed by atoms with Crippen LogP contribution in [0.15, 0.2) is 24.3 Å². The van der Waals surface area contributed by atoms with Crippen LogP contribution in [0.4, 0.5) is 8.78 Å². The zero-order valence-corrected chi connectivity index (χ0v) is 13.7. The molecular formula is C19H24F2O. The second-order valence-corrected chi connectivity index (χ2v) is 6.00. The molecule has 0 fully saturated rings. The SMILES string of the molecule is CCCC#CC(F)(F)C(C)Cc1ccc(C(=O)C(C)C)cc1. The molecule has 0 aliphatic rings. The molecule has 3 heteroatoms. The smallest absolute Gasteiger partial charge is 0.294 e. The molecule has 0 heterocycles. The van der Waals surface area contributed by atoms with E-state index in [4.69, 9.17) is 0 Å². The number of benzene rings is 1. The number of hydrogen-bond donors (Lipinski definition) is 0. The lowest BCUT2D eigenvalue weighted by Gasteiger charge is -2.18. The number of alkyl halides is 2. The summed E-state index contributed by atoms with van der Waals surface area (Å²) in [6.07, 6.45) is 1.51. The molecule has 0 radical (unpaired) electrons. The number of Topliss-reactive ketones (excluding diaryl/α,β-unsaturated/α-hetero) is 1. The fraction of sp³-hybridized carbons (Fsp3) is 0.526. The van der Waals surface area contributed by atoms with Crippen LogP contribution in [-0.2, 0) is 6.42 Å². The summed E-state index contributed by atoms with van der Waals surface area (Å²) in [6.45, 7) is 7.10. The second kappa shape index (κ2) is 8.08. The van der Waals surface area contributed by atoms with E-state index in [0.29, 0.717) is 12.0 Å². The van der Waals surface area contributed by atoms with Gasteiger partial charge in [-0.3, -0.25) is 4.79 Å². The molecule has 1 atom stereocenters. The lowest BCUT2D eigenvalue weighted by molar-refractivity contribution is 0.00913. The predicted molar refractivity (Wildman–Crippen MR) is 86.1 cm³/mol. The maximum atomic E-state index is 13.9. The minimum absolute atomic E-state index is 0.0651. The third-order valence-electron chi connectivity index (χ3n) is 3.55. The number of ketones is 1. The molecule has 0 spiro atoms. The molecule has 0 saturated carbocycles. The van der Waals surface area contributed by atoms with Crippen molar-refractivity contribution in [3.63, 3.8) is 0 Å². The largest absolute Gasteiger partial charge is 0.310 e. The van der Waals surface area contributed by atoms with E-state index in [1.54, 1.807) is 24.3 Å². The Morgan fingerprint density at radius 3 is 2.27 bits per heavy atom. The summed E-state index contributed by atoms with van der Waals surface area (Å²) in [6, 6.07) is 6.93. The Morgan fingerprint density at radius 1 is 1.18 bits per heavy atom. The summed E-state index contributed by atoms with van der Waals surface area (Å²) >= 11 is 0. The summed E-state index contributed by atoms with van der Waals surface area (Å²) in [5.41, 5.74) is 1.42. The molecule has 0 amide bonds. The first-order chi connectivity index (χ1) is 10.3. The van der Waals surface area contributed by atoms with Crippen LogP contribution in [0.1, 0.15) is 56.5 Å². The number of carbonyl (C=O) groups excluding carboxylic acids is 1. The van der Waals surface area contributed by atoms with E-state index in [-0.39, 0.29) is 18.1 Å². The van der Waals surface area contributed by atoms with Gasteiger partial charge in [0.15, 0.2) is 5.78 Å². The molecule has 1 aromatic rings. The van der Waals surface area contributed by atoms with Crippen molar-refractivity contribution in [2.24, 2.45) is 11.8 Å². The van der Waals surface area contributed by atoms with Gasteiger partial charge in [0.25, 0.3) is 0 Å². The van der Waals surface area contributed by atoms with Gasteiger partial charge in [0.05, 0.1) is 0 Å². The standard InChI is InChI=1S/C19H24F2O/c1-5-6-7-12-19(20,21)15(4)13-16-8-10-17(11-9-16)18(22)14(2)3/h8-11,14-15H,5-6,13H2,1-4H3. The van der Waals surface area contributed by atoms with Gasteiger partial charge in [-0.05, 0) is 24.3 Å². The van der Waals surface area contributed by atoms with Crippen molar-refractivity contribution in [2.75, 3.05) is 0 Å². The fourth-order valence-corrected chi connectivity index (χ4v) is 2.05. The van der Waals surface area contributed by atoms with Crippen molar-refractivity contribution in [3.05, 3.63) is 35.4 Å². The molecule has 1 aromatic carbocycles. The Morgan fingerprint density at radius 2 is 1.77 bits per heavy atom. The highest BCUT2D eigenvalue weighted by molar-refractivity contribution is 5.97. The summed E-state index contributed by atoms with van der Waals surface area (Å²) in [4.78, 5) is 11.8. The number of halogens is 2. The zero-order valence-electron chi connectivity index (χ0n) is 13.7. The van der Waals surface area contributed by atoms with E-state index >= 15 is 0 Å². The molecule has 0 bridgehead atoms. The van der Waals surface area contributed by atoms with Crippen LogP contribution in [-0.4, -0.2) is 11.7 Å². The predicted octanol–water partition coefficient (Wildman–Crippen LogP) is 5.14. The maximum Gasteiger partial charge on any atom is 0.310 e. The first-order valence-corrected chi connectivity index (χ1v) is 7.79. The molecule has 0 aliphatic heterocycles. The van der Waals surface area contributed by atoms with Crippen molar-refractivity contribution < 1.29 is 13.6 Å². The molecular weight excluding hydrogens is 282 g/mol. The van der Waals surface area contributed by atoms with Gasteiger partial charge in [0, 0.05) is 23.8 Å². The van der Waals surface area contributed by atoms with Gasteiger partial charge in [-0.1, -0.05) is 57.9 Å². The zero-order chi connectivity index (χ0) is 16.8. The number of rotatable bonds is 6. The molecule has 0 N–H and O–H groups in total. The van der Waals surface area contributed by atoms with Crippen LogP contribution in [0.25, 0.3) is 0 Å². The van der Waals surface area contributed by atoms with Gasteiger partial charge in [0.1, 0.15) is 0 Å². The summed E-state index contributed by atoms with van der Waals surface area (Å²) in [5.74, 6) is 0.777. The van der Waals surface area contributed by atoms with E-state index in [9.17, 15) is 13.6 Å². The van der Waals surface area contributed by atoms with Crippen LogP contribution in [0, 0.1) is 23.7 Å². The van der Waals surface area contributed by atoms with E-state index in [0.717, 1.165) is 12.0 Å². The van der Waals surface area contributed by atoms with Gasteiger partial charge in [-0.25, -0.2) is 0 Å². The highest BCUT2D eigenvalue weighted by atomic mass is 19.3. The lowest BCUT2D eigenvalue weighted by Crippen LogP contribution is -2.25. The van der Waals surface area contributed by atoms with Crippen LogP contribution in [0.5, 0.6) is 0 Å². The Bertz CT molecular complexity index is 547. The fourth-order valence-electron chi connectivity index (χ4n) is 2.05. The van der Waals surface area contributed by atoms with E-state index in [1.165, 1.54) is 6.92 Å². The monoisotopic (exact) mass is 306 g/mol. The molecule has 120 valence electrons. The van der Waals surface area contributed by atoms with Gasteiger partial charge in [-0.15, -0.1) is 0 Å². The third kappa shape index (κ3) is 5.26. The van der Waals surface area contributed by atoms with Crippen LogP contribution in [0.2, 0.25) is 0 Å². The van der Waals surface area contributed by atoms with Crippen molar-refractivity contribution in [1.82, 2.24) is 0 Å². The van der Waals surface area contributed by atoms with Crippen LogP contribution in [0.3, 0.4) is 0 Å². The average molecular weight is 306 g/mol. The number of carbonyl (C=O) groups is 1. The number of hydrogen-bond acceptors (Lipinski definition) is 1. The second-order valence-electron chi connectivity index (χ2n) is 6.00. The number of unbranched alkanes of at least 4 members (excludes halogenated alkanes) is 1. The topological polar surface area (TPSA) is 17.1 Å². The van der Waals surface area contributed by atoms with Crippen LogP contribution >= 0.6 is 0 Å².